The number of esters is 1. The van der Waals surface area contributed by atoms with Gasteiger partial charge in [-0.1, -0.05) is 15.9 Å². The van der Waals surface area contributed by atoms with E-state index in [0.717, 1.165) is 4.47 Å². The highest BCUT2D eigenvalue weighted by molar-refractivity contribution is 9.10. The first kappa shape index (κ1) is 14.0. The minimum Gasteiger partial charge on any atom is -0.468 e. The maximum atomic E-state index is 12.5. The van der Waals surface area contributed by atoms with Gasteiger partial charge in [0.1, 0.15) is 0 Å². The fourth-order valence-electron chi connectivity index (χ4n) is 1.93. The van der Waals surface area contributed by atoms with E-state index in [1.54, 1.807) is 19.2 Å². The molecule has 0 spiro atoms. The zero-order chi connectivity index (χ0) is 14.0. The molecular weight excluding hydrogens is 314 g/mol. The molecule has 0 bridgehead atoms. The van der Waals surface area contributed by atoms with Crippen molar-refractivity contribution < 1.29 is 19.1 Å². The summed E-state index contributed by atoms with van der Waals surface area (Å²) in [6.07, 6.45) is 0. The second-order valence-electron chi connectivity index (χ2n) is 4.41. The highest BCUT2D eigenvalue weighted by Gasteiger charge is 2.55. The summed E-state index contributed by atoms with van der Waals surface area (Å²) in [4.78, 5) is 25.7. The van der Waals surface area contributed by atoms with Crippen LogP contribution in [-0.2, 0) is 19.1 Å². The van der Waals surface area contributed by atoms with Crippen molar-refractivity contribution in [1.82, 2.24) is 0 Å². The van der Waals surface area contributed by atoms with Gasteiger partial charge in [-0.05, 0) is 24.3 Å². The second-order valence-corrected chi connectivity index (χ2v) is 5.32. The van der Waals surface area contributed by atoms with Crippen LogP contribution in [0.15, 0.2) is 28.7 Å². The molecule has 0 radical (unpaired) electrons. The van der Waals surface area contributed by atoms with Gasteiger partial charge in [-0.3, -0.25) is 9.59 Å². The maximum absolute atomic E-state index is 12.5. The predicted octanol–water partition coefficient (Wildman–Crippen LogP) is 1.60. The third kappa shape index (κ3) is 2.37. The number of hydrogen-bond donors (Lipinski definition) is 0. The van der Waals surface area contributed by atoms with Crippen molar-refractivity contribution >= 4 is 33.5 Å². The van der Waals surface area contributed by atoms with Gasteiger partial charge in [0.05, 0.1) is 20.3 Å². The van der Waals surface area contributed by atoms with Crippen LogP contribution in [0.3, 0.4) is 0 Å². The number of hydrogen-bond acceptors (Lipinski definition) is 4. The molecule has 102 valence electrons. The number of carbonyl (C=O) groups excluding carboxylic acids is 2. The Kier molecular flexibility index (Phi) is 3.91. The standard InChI is InChI=1S/C13H14BrNO4/c1-15(10-5-3-9(14)4-6-10)11(16)13(7-19-8-13)12(17)18-2/h3-6H,7-8H2,1-2H3. The SMILES string of the molecule is COC(=O)C1(C(=O)N(C)c2ccc(Br)cc2)COC1. The lowest BCUT2D eigenvalue weighted by Crippen LogP contribution is -2.59. The third-order valence-corrected chi connectivity index (χ3v) is 3.73. The van der Waals surface area contributed by atoms with E-state index in [4.69, 9.17) is 9.47 Å². The van der Waals surface area contributed by atoms with E-state index in [2.05, 4.69) is 15.9 Å². The van der Waals surface area contributed by atoms with E-state index >= 15 is 0 Å². The number of anilines is 1. The molecule has 0 N–H and O–H groups in total. The smallest absolute Gasteiger partial charge is 0.326 e. The summed E-state index contributed by atoms with van der Waals surface area (Å²) in [5.41, 5.74) is -0.486. The minimum atomic E-state index is -1.20. The van der Waals surface area contributed by atoms with Crippen LogP contribution >= 0.6 is 15.9 Å². The van der Waals surface area contributed by atoms with Gasteiger partial charge in [-0.2, -0.15) is 0 Å². The van der Waals surface area contributed by atoms with Crippen LogP contribution < -0.4 is 4.90 Å². The van der Waals surface area contributed by atoms with Crippen LogP contribution in [0, 0.1) is 5.41 Å². The molecule has 1 fully saturated rings. The fourth-order valence-corrected chi connectivity index (χ4v) is 2.20. The number of rotatable bonds is 3. The predicted molar refractivity (Wildman–Crippen MR) is 72.8 cm³/mol. The Labute approximate surface area is 119 Å². The van der Waals surface area contributed by atoms with Crippen LogP contribution in [0.5, 0.6) is 0 Å². The first-order valence-electron chi connectivity index (χ1n) is 5.71. The lowest BCUT2D eigenvalue weighted by molar-refractivity contribution is -0.186. The molecular formula is C13H14BrNO4. The van der Waals surface area contributed by atoms with Crippen molar-refractivity contribution in [2.24, 2.45) is 5.41 Å². The van der Waals surface area contributed by atoms with E-state index < -0.39 is 11.4 Å². The van der Waals surface area contributed by atoms with Crippen LogP contribution in [0.4, 0.5) is 5.69 Å². The summed E-state index contributed by atoms with van der Waals surface area (Å²) < 4.78 is 10.7. The number of methoxy groups -OCH3 is 1. The normalized spacial score (nSPS) is 16.4. The molecule has 0 aliphatic carbocycles. The number of amides is 1. The zero-order valence-electron chi connectivity index (χ0n) is 10.7. The van der Waals surface area contributed by atoms with Gasteiger partial charge in [0, 0.05) is 17.2 Å². The molecule has 1 aliphatic rings. The number of halogens is 1. The van der Waals surface area contributed by atoms with E-state index in [0.29, 0.717) is 5.69 Å². The van der Waals surface area contributed by atoms with Gasteiger partial charge >= 0.3 is 5.97 Å². The largest absolute Gasteiger partial charge is 0.468 e. The minimum absolute atomic E-state index is 0.0688. The van der Waals surface area contributed by atoms with Gasteiger partial charge in [0.15, 0.2) is 5.41 Å². The van der Waals surface area contributed by atoms with Gasteiger partial charge in [-0.25, -0.2) is 0 Å². The van der Waals surface area contributed by atoms with Gasteiger partial charge in [-0.15, -0.1) is 0 Å². The lowest BCUT2D eigenvalue weighted by Gasteiger charge is -2.39. The number of nitrogens with zero attached hydrogens (tertiary/aromatic N) is 1. The average molecular weight is 328 g/mol. The van der Waals surface area contributed by atoms with Crippen LogP contribution in [0.1, 0.15) is 0 Å². The van der Waals surface area contributed by atoms with E-state index in [1.165, 1.54) is 12.0 Å². The van der Waals surface area contributed by atoms with Crippen molar-refractivity contribution in [3.8, 4) is 0 Å². The topological polar surface area (TPSA) is 55.8 Å². The first-order chi connectivity index (χ1) is 9.01. The van der Waals surface area contributed by atoms with Crippen molar-refractivity contribution in [2.45, 2.75) is 0 Å². The Morgan fingerprint density at radius 1 is 1.32 bits per heavy atom. The van der Waals surface area contributed by atoms with Gasteiger partial charge in [0.25, 0.3) is 0 Å². The molecule has 1 aromatic rings. The molecule has 0 atom stereocenters. The molecule has 0 aromatic heterocycles. The quantitative estimate of drug-likeness (QED) is 0.625. The van der Waals surface area contributed by atoms with Crippen molar-refractivity contribution in [2.75, 3.05) is 32.3 Å². The van der Waals surface area contributed by atoms with Gasteiger partial charge in [0.2, 0.25) is 5.91 Å². The Hall–Kier alpha value is -1.40. The Bertz CT molecular complexity index is 496. The van der Waals surface area contributed by atoms with Crippen molar-refractivity contribution in [3.63, 3.8) is 0 Å². The van der Waals surface area contributed by atoms with E-state index in [1.807, 2.05) is 12.1 Å². The molecule has 6 heteroatoms. The van der Waals surface area contributed by atoms with Gasteiger partial charge < -0.3 is 14.4 Å². The molecule has 0 saturated carbocycles. The van der Waals surface area contributed by atoms with Crippen LogP contribution in [0.25, 0.3) is 0 Å². The summed E-state index contributed by atoms with van der Waals surface area (Å²) in [5.74, 6) is -0.861. The molecule has 1 heterocycles. The van der Waals surface area contributed by atoms with Crippen LogP contribution in [-0.4, -0.2) is 39.2 Å². The second kappa shape index (κ2) is 5.30. The molecule has 19 heavy (non-hydrogen) atoms. The van der Waals surface area contributed by atoms with E-state index in [-0.39, 0.29) is 19.1 Å². The fraction of sp³-hybridized carbons (Fsp3) is 0.385. The lowest BCUT2D eigenvalue weighted by atomic mass is 9.84. The molecule has 1 aliphatic heterocycles. The van der Waals surface area contributed by atoms with Crippen LogP contribution in [0.2, 0.25) is 0 Å². The zero-order valence-corrected chi connectivity index (χ0v) is 12.3. The summed E-state index contributed by atoms with van der Waals surface area (Å²) in [6, 6.07) is 7.27. The number of benzene rings is 1. The molecule has 0 unspecified atom stereocenters. The summed E-state index contributed by atoms with van der Waals surface area (Å²) >= 11 is 3.33. The third-order valence-electron chi connectivity index (χ3n) is 3.20. The summed E-state index contributed by atoms with van der Waals surface area (Å²) in [5, 5.41) is 0. The van der Waals surface area contributed by atoms with Crippen molar-refractivity contribution in [1.29, 1.82) is 0 Å². The highest BCUT2D eigenvalue weighted by Crippen LogP contribution is 2.33. The Balaban J connectivity index is 2.23. The summed E-state index contributed by atoms with van der Waals surface area (Å²) in [6.45, 7) is 0.138. The monoisotopic (exact) mass is 327 g/mol. The molecule has 1 amide bonds. The number of ether oxygens (including phenoxy) is 2. The average Bonchev–Trinajstić information content (AvgIpc) is 2.37. The number of carbonyl (C=O) groups is 2. The summed E-state index contributed by atoms with van der Waals surface area (Å²) in [7, 11) is 2.91. The molecule has 2 rings (SSSR count). The first-order valence-corrected chi connectivity index (χ1v) is 6.50. The molecule has 5 nitrogen and oxygen atoms in total. The highest BCUT2D eigenvalue weighted by atomic mass is 79.9. The Morgan fingerprint density at radius 3 is 2.32 bits per heavy atom. The molecule has 1 saturated heterocycles. The van der Waals surface area contributed by atoms with Crippen molar-refractivity contribution in [3.05, 3.63) is 28.7 Å². The molecule has 1 aromatic carbocycles. The Morgan fingerprint density at radius 2 is 1.89 bits per heavy atom. The van der Waals surface area contributed by atoms with E-state index in [9.17, 15) is 9.59 Å². The maximum Gasteiger partial charge on any atom is 0.326 e.